The van der Waals surface area contributed by atoms with E-state index in [0.29, 0.717) is 5.56 Å². The van der Waals surface area contributed by atoms with Crippen LogP contribution in [-0.2, 0) is 5.41 Å². The van der Waals surface area contributed by atoms with Crippen molar-refractivity contribution >= 4 is 12.1 Å². The Morgan fingerprint density at radius 2 is 1.90 bits per heavy atom. The fourth-order valence-electron chi connectivity index (χ4n) is 1.80. The molecule has 21 heavy (non-hydrogen) atoms. The lowest BCUT2D eigenvalue weighted by molar-refractivity contribution is 0.0955. The van der Waals surface area contributed by atoms with Gasteiger partial charge in [-0.3, -0.25) is 9.78 Å². The summed E-state index contributed by atoms with van der Waals surface area (Å²) in [6, 6.07) is 11.5. The highest BCUT2D eigenvalue weighted by Gasteiger charge is 2.12. The van der Waals surface area contributed by atoms with Gasteiger partial charge in [-0.15, -0.1) is 0 Å². The highest BCUT2D eigenvalue weighted by atomic mass is 16.2. The molecule has 2 aromatic rings. The largest absolute Gasteiger partial charge is 0.272 e. The molecule has 1 aromatic carbocycles. The molecule has 0 atom stereocenters. The highest BCUT2D eigenvalue weighted by molar-refractivity contribution is 5.94. The molecule has 108 valence electrons. The predicted molar refractivity (Wildman–Crippen MR) is 84.4 cm³/mol. The van der Waals surface area contributed by atoms with Crippen LogP contribution in [0.4, 0.5) is 0 Å². The fourth-order valence-corrected chi connectivity index (χ4v) is 1.80. The first kappa shape index (κ1) is 14.9. The van der Waals surface area contributed by atoms with Gasteiger partial charge < -0.3 is 0 Å². The maximum Gasteiger partial charge on any atom is 0.272 e. The molecule has 0 aliphatic heterocycles. The molecule has 2 rings (SSSR count). The van der Waals surface area contributed by atoms with E-state index in [4.69, 9.17) is 0 Å². The average Bonchev–Trinajstić information content (AvgIpc) is 2.47. The number of hydrazone groups is 1. The molecule has 0 unspecified atom stereocenters. The van der Waals surface area contributed by atoms with Crippen LogP contribution in [0.1, 0.15) is 42.3 Å². The Balaban J connectivity index is 1.97. The molecule has 0 spiro atoms. The zero-order chi connectivity index (χ0) is 15.3. The van der Waals surface area contributed by atoms with E-state index in [1.807, 2.05) is 12.1 Å². The molecule has 0 saturated carbocycles. The van der Waals surface area contributed by atoms with E-state index in [2.05, 4.69) is 48.4 Å². The van der Waals surface area contributed by atoms with Crippen molar-refractivity contribution in [1.29, 1.82) is 0 Å². The van der Waals surface area contributed by atoms with Crippen molar-refractivity contribution < 1.29 is 4.79 Å². The summed E-state index contributed by atoms with van der Waals surface area (Å²) in [5.41, 5.74) is 5.30. The number of hydrogen-bond acceptors (Lipinski definition) is 3. The van der Waals surface area contributed by atoms with Gasteiger partial charge in [0.2, 0.25) is 0 Å². The molecule has 0 saturated heterocycles. The third-order valence-corrected chi connectivity index (χ3v) is 3.08. The average molecular weight is 281 g/mol. The van der Waals surface area contributed by atoms with Crippen molar-refractivity contribution in [2.45, 2.75) is 26.2 Å². The van der Waals surface area contributed by atoms with Crippen LogP contribution in [0.25, 0.3) is 0 Å². The van der Waals surface area contributed by atoms with E-state index in [9.17, 15) is 4.79 Å². The summed E-state index contributed by atoms with van der Waals surface area (Å²) in [5.74, 6) is -0.273. The third kappa shape index (κ3) is 4.24. The first-order valence-corrected chi connectivity index (χ1v) is 6.81. The van der Waals surface area contributed by atoms with Gasteiger partial charge in [0.1, 0.15) is 0 Å². The SMILES string of the molecule is CC(C)(C)c1ccc(/C=N\NC(=O)c2cccnc2)cc1. The first-order chi connectivity index (χ1) is 9.97. The molecule has 0 aliphatic carbocycles. The zero-order valence-corrected chi connectivity index (χ0v) is 12.5. The molecule has 1 amide bonds. The number of aromatic nitrogens is 1. The Kier molecular flexibility index (Phi) is 4.48. The van der Waals surface area contributed by atoms with Gasteiger partial charge in [-0.2, -0.15) is 5.10 Å². The molecule has 0 radical (unpaired) electrons. The Morgan fingerprint density at radius 3 is 2.48 bits per heavy atom. The maximum atomic E-state index is 11.8. The molecule has 0 aliphatic rings. The predicted octanol–water partition coefficient (Wildman–Crippen LogP) is 3.14. The van der Waals surface area contributed by atoms with Crippen molar-refractivity contribution in [1.82, 2.24) is 10.4 Å². The molecule has 1 N–H and O–H groups in total. The van der Waals surface area contributed by atoms with Gasteiger partial charge in [-0.1, -0.05) is 45.0 Å². The molecule has 0 fully saturated rings. The summed E-state index contributed by atoms with van der Waals surface area (Å²) in [5, 5.41) is 3.96. The second-order valence-corrected chi connectivity index (χ2v) is 5.81. The van der Waals surface area contributed by atoms with Crippen molar-refractivity contribution in [3.05, 3.63) is 65.5 Å². The van der Waals surface area contributed by atoms with E-state index < -0.39 is 0 Å². The van der Waals surface area contributed by atoms with Gasteiger partial charge in [0.05, 0.1) is 11.8 Å². The summed E-state index contributed by atoms with van der Waals surface area (Å²) < 4.78 is 0. The number of carbonyl (C=O) groups is 1. The molecule has 4 heteroatoms. The van der Waals surface area contributed by atoms with Crippen LogP contribution in [-0.4, -0.2) is 17.1 Å². The summed E-state index contributed by atoms with van der Waals surface area (Å²) >= 11 is 0. The minimum atomic E-state index is -0.273. The van der Waals surface area contributed by atoms with Gasteiger partial charge in [-0.05, 0) is 28.7 Å². The molecule has 0 bridgehead atoms. The third-order valence-electron chi connectivity index (χ3n) is 3.08. The second-order valence-electron chi connectivity index (χ2n) is 5.81. The summed E-state index contributed by atoms with van der Waals surface area (Å²) in [6.45, 7) is 6.51. The highest BCUT2D eigenvalue weighted by Crippen LogP contribution is 2.21. The molecular formula is C17H19N3O. The van der Waals surface area contributed by atoms with E-state index in [0.717, 1.165) is 5.56 Å². The molecular weight excluding hydrogens is 262 g/mol. The number of amides is 1. The van der Waals surface area contributed by atoms with Gasteiger partial charge in [-0.25, -0.2) is 5.43 Å². The van der Waals surface area contributed by atoms with Crippen molar-refractivity contribution in [2.24, 2.45) is 5.10 Å². The lowest BCUT2D eigenvalue weighted by atomic mass is 9.87. The van der Waals surface area contributed by atoms with Gasteiger partial charge >= 0.3 is 0 Å². The van der Waals surface area contributed by atoms with Gasteiger partial charge in [0, 0.05) is 12.4 Å². The number of rotatable bonds is 3. The lowest BCUT2D eigenvalue weighted by Crippen LogP contribution is -2.17. The Morgan fingerprint density at radius 1 is 1.19 bits per heavy atom. The van der Waals surface area contributed by atoms with Crippen LogP contribution in [0.3, 0.4) is 0 Å². The monoisotopic (exact) mass is 281 g/mol. The van der Waals surface area contributed by atoms with Crippen molar-refractivity contribution in [3.8, 4) is 0 Å². The minimum absolute atomic E-state index is 0.129. The smallest absolute Gasteiger partial charge is 0.267 e. The molecule has 1 aromatic heterocycles. The summed E-state index contributed by atoms with van der Waals surface area (Å²) in [4.78, 5) is 15.6. The lowest BCUT2D eigenvalue weighted by Gasteiger charge is -2.18. The van der Waals surface area contributed by atoms with Crippen LogP contribution in [0.15, 0.2) is 53.9 Å². The number of benzene rings is 1. The van der Waals surface area contributed by atoms with E-state index in [-0.39, 0.29) is 11.3 Å². The number of nitrogens with zero attached hydrogens (tertiary/aromatic N) is 2. The van der Waals surface area contributed by atoms with E-state index >= 15 is 0 Å². The Labute approximate surface area is 124 Å². The first-order valence-electron chi connectivity index (χ1n) is 6.81. The summed E-state index contributed by atoms with van der Waals surface area (Å²) in [7, 11) is 0. The van der Waals surface area contributed by atoms with Gasteiger partial charge in [0.15, 0.2) is 0 Å². The van der Waals surface area contributed by atoms with Gasteiger partial charge in [0.25, 0.3) is 5.91 Å². The van der Waals surface area contributed by atoms with Crippen LogP contribution >= 0.6 is 0 Å². The summed E-state index contributed by atoms with van der Waals surface area (Å²) in [6.07, 6.45) is 4.75. The normalized spacial score (nSPS) is 11.6. The standard InChI is InChI=1S/C17H19N3O/c1-17(2,3)15-8-6-13(7-9-15)11-19-20-16(21)14-5-4-10-18-12-14/h4-12H,1-3H3,(H,20,21)/b19-11-. The van der Waals surface area contributed by atoms with E-state index in [1.165, 1.54) is 11.8 Å². The maximum absolute atomic E-state index is 11.8. The minimum Gasteiger partial charge on any atom is -0.267 e. The number of hydrogen-bond donors (Lipinski definition) is 1. The fraction of sp³-hybridized carbons (Fsp3) is 0.235. The Bertz CT molecular complexity index is 625. The topological polar surface area (TPSA) is 54.4 Å². The van der Waals surface area contributed by atoms with Crippen LogP contribution in [0.2, 0.25) is 0 Å². The van der Waals surface area contributed by atoms with Crippen LogP contribution in [0, 0.1) is 0 Å². The quantitative estimate of drug-likeness (QED) is 0.694. The number of pyridine rings is 1. The van der Waals surface area contributed by atoms with Crippen LogP contribution < -0.4 is 5.43 Å². The van der Waals surface area contributed by atoms with Crippen molar-refractivity contribution in [2.75, 3.05) is 0 Å². The van der Waals surface area contributed by atoms with Crippen LogP contribution in [0.5, 0.6) is 0 Å². The zero-order valence-electron chi connectivity index (χ0n) is 12.5. The molecule has 1 heterocycles. The number of nitrogens with one attached hydrogen (secondary N) is 1. The Hall–Kier alpha value is -2.49. The number of carbonyl (C=O) groups excluding carboxylic acids is 1. The van der Waals surface area contributed by atoms with E-state index in [1.54, 1.807) is 24.5 Å². The molecule has 4 nitrogen and oxygen atoms in total. The van der Waals surface area contributed by atoms with Crippen molar-refractivity contribution in [3.63, 3.8) is 0 Å². The second kappa shape index (κ2) is 6.31.